The van der Waals surface area contributed by atoms with Gasteiger partial charge in [-0.05, 0) is 34.4 Å². The Labute approximate surface area is 170 Å². The maximum atomic E-state index is 4.45. The van der Waals surface area contributed by atoms with Crippen molar-refractivity contribution < 1.29 is 0 Å². The van der Waals surface area contributed by atoms with E-state index in [0.717, 1.165) is 44.6 Å². The van der Waals surface area contributed by atoms with Crippen molar-refractivity contribution in [2.24, 2.45) is 4.99 Å². The maximum Gasteiger partial charge on any atom is 0.225 e. The average Bonchev–Trinajstić information content (AvgIpc) is 3.18. The molecule has 0 saturated carbocycles. The molecule has 1 aliphatic rings. The van der Waals surface area contributed by atoms with Crippen molar-refractivity contribution in [1.29, 1.82) is 0 Å². The smallest absolute Gasteiger partial charge is 0.225 e. The molecule has 1 aliphatic heterocycles. The maximum absolute atomic E-state index is 4.45. The Morgan fingerprint density at radius 3 is 2.60 bits per heavy atom. The molecule has 1 unspecified atom stereocenters. The van der Waals surface area contributed by atoms with E-state index >= 15 is 0 Å². The quantitative estimate of drug-likeness (QED) is 0.422. The van der Waals surface area contributed by atoms with Crippen LogP contribution in [0.4, 0.5) is 5.95 Å². The van der Waals surface area contributed by atoms with Crippen LogP contribution in [0.1, 0.15) is 18.4 Å². The van der Waals surface area contributed by atoms with Gasteiger partial charge in [0.05, 0.1) is 0 Å². The van der Waals surface area contributed by atoms with Crippen LogP contribution in [0.2, 0.25) is 0 Å². The fraction of sp³-hybridized carbons (Fsp3) is 0.471. The van der Waals surface area contributed by atoms with Crippen LogP contribution in [-0.2, 0) is 0 Å². The summed E-state index contributed by atoms with van der Waals surface area (Å²) in [5, 5.41) is 7.86. The normalized spacial score (nSPS) is 16.3. The number of thiophene rings is 1. The van der Waals surface area contributed by atoms with E-state index in [1.165, 1.54) is 5.56 Å². The molecule has 6 nitrogen and oxygen atoms in total. The summed E-state index contributed by atoms with van der Waals surface area (Å²) in [5.41, 5.74) is 1.38. The van der Waals surface area contributed by atoms with Crippen LogP contribution in [0.3, 0.4) is 0 Å². The van der Waals surface area contributed by atoms with Crippen molar-refractivity contribution in [3.8, 4) is 0 Å². The summed E-state index contributed by atoms with van der Waals surface area (Å²) in [7, 11) is 1.85. The van der Waals surface area contributed by atoms with Crippen LogP contribution in [0.25, 0.3) is 0 Å². The van der Waals surface area contributed by atoms with E-state index in [-0.39, 0.29) is 24.0 Å². The largest absolute Gasteiger partial charge is 0.356 e. The van der Waals surface area contributed by atoms with Gasteiger partial charge in [-0.1, -0.05) is 6.92 Å². The van der Waals surface area contributed by atoms with Crippen molar-refractivity contribution in [3.63, 3.8) is 0 Å². The first-order valence-electron chi connectivity index (χ1n) is 8.27. The highest BCUT2D eigenvalue weighted by atomic mass is 127. The molecule has 0 radical (unpaired) electrons. The summed E-state index contributed by atoms with van der Waals surface area (Å²) >= 11 is 1.75. The Morgan fingerprint density at radius 2 is 2.00 bits per heavy atom. The number of anilines is 1. The summed E-state index contributed by atoms with van der Waals surface area (Å²) in [6, 6.07) is 4.04. The molecule has 2 aromatic rings. The lowest BCUT2D eigenvalue weighted by Crippen LogP contribution is -2.53. The second-order valence-electron chi connectivity index (χ2n) is 5.91. The number of aromatic nitrogens is 2. The van der Waals surface area contributed by atoms with Gasteiger partial charge < -0.3 is 15.1 Å². The number of hydrogen-bond acceptors (Lipinski definition) is 5. The lowest BCUT2D eigenvalue weighted by molar-refractivity contribution is 0.369. The monoisotopic (exact) mass is 472 g/mol. The highest BCUT2D eigenvalue weighted by molar-refractivity contribution is 14.0. The van der Waals surface area contributed by atoms with E-state index < -0.39 is 0 Å². The summed E-state index contributed by atoms with van der Waals surface area (Å²) < 4.78 is 0. The fourth-order valence-corrected chi connectivity index (χ4v) is 3.60. The summed E-state index contributed by atoms with van der Waals surface area (Å²) in [6.07, 6.45) is 3.59. The summed E-state index contributed by atoms with van der Waals surface area (Å²) in [6.45, 7) is 6.80. The van der Waals surface area contributed by atoms with Crippen molar-refractivity contribution in [1.82, 2.24) is 20.2 Å². The Bertz CT molecular complexity index is 640. The lowest BCUT2D eigenvalue weighted by Gasteiger charge is -2.36. The highest BCUT2D eigenvalue weighted by Gasteiger charge is 2.21. The van der Waals surface area contributed by atoms with E-state index in [1.807, 2.05) is 13.1 Å². The molecule has 2 aromatic heterocycles. The molecule has 0 aliphatic carbocycles. The third kappa shape index (κ3) is 5.27. The van der Waals surface area contributed by atoms with Gasteiger partial charge in [-0.3, -0.25) is 4.99 Å². The van der Waals surface area contributed by atoms with Crippen LogP contribution in [0, 0.1) is 0 Å². The molecule has 1 fully saturated rings. The molecule has 136 valence electrons. The Balaban J connectivity index is 0.00000225. The predicted octanol–water partition coefficient (Wildman–Crippen LogP) is 2.66. The van der Waals surface area contributed by atoms with Gasteiger partial charge in [-0.25, -0.2) is 9.97 Å². The number of hydrogen-bond donors (Lipinski definition) is 1. The number of nitrogens with one attached hydrogen (secondary N) is 1. The van der Waals surface area contributed by atoms with Gasteiger partial charge in [0.2, 0.25) is 5.95 Å². The van der Waals surface area contributed by atoms with E-state index in [4.69, 9.17) is 0 Å². The topological polar surface area (TPSA) is 56.7 Å². The minimum Gasteiger partial charge on any atom is -0.356 e. The molecule has 0 bridgehead atoms. The number of guanidine groups is 1. The number of halogens is 1. The molecular formula is C17H25IN6S. The Kier molecular flexibility index (Phi) is 7.89. The molecule has 1 N–H and O–H groups in total. The Morgan fingerprint density at radius 1 is 1.28 bits per heavy atom. The van der Waals surface area contributed by atoms with E-state index in [2.05, 4.69) is 53.8 Å². The van der Waals surface area contributed by atoms with Crippen LogP contribution in [-0.4, -0.2) is 60.6 Å². The van der Waals surface area contributed by atoms with Gasteiger partial charge in [0.15, 0.2) is 5.96 Å². The molecule has 3 heterocycles. The first kappa shape index (κ1) is 19.9. The lowest BCUT2D eigenvalue weighted by atomic mass is 10.1. The van der Waals surface area contributed by atoms with Gasteiger partial charge in [0.25, 0.3) is 0 Å². The minimum absolute atomic E-state index is 0. The molecule has 25 heavy (non-hydrogen) atoms. The summed E-state index contributed by atoms with van der Waals surface area (Å²) in [5.74, 6) is 2.27. The zero-order chi connectivity index (χ0) is 16.8. The van der Waals surface area contributed by atoms with Crippen LogP contribution in [0.5, 0.6) is 0 Å². The second-order valence-corrected chi connectivity index (χ2v) is 6.69. The number of rotatable bonds is 4. The van der Waals surface area contributed by atoms with Crippen LogP contribution >= 0.6 is 35.3 Å². The average molecular weight is 472 g/mol. The number of aliphatic imine (C=N–C) groups is 1. The van der Waals surface area contributed by atoms with Gasteiger partial charge >= 0.3 is 0 Å². The Hall–Kier alpha value is -1.42. The van der Waals surface area contributed by atoms with Crippen LogP contribution < -0.4 is 10.2 Å². The molecule has 0 aromatic carbocycles. The third-order valence-electron chi connectivity index (χ3n) is 4.30. The van der Waals surface area contributed by atoms with Crippen molar-refractivity contribution >= 4 is 47.2 Å². The van der Waals surface area contributed by atoms with E-state index in [0.29, 0.717) is 5.92 Å². The predicted molar refractivity (Wildman–Crippen MR) is 115 cm³/mol. The minimum atomic E-state index is 0. The fourth-order valence-electron chi connectivity index (χ4n) is 2.82. The SMILES string of the molecule is CN=C(NCC(C)c1ccsc1)N1CCN(c2ncccn2)CC1.I. The van der Waals surface area contributed by atoms with Gasteiger partial charge in [-0.15, -0.1) is 24.0 Å². The third-order valence-corrected chi connectivity index (χ3v) is 5.01. The first-order valence-corrected chi connectivity index (χ1v) is 9.22. The molecular weight excluding hydrogens is 447 g/mol. The zero-order valence-electron chi connectivity index (χ0n) is 14.6. The first-order chi connectivity index (χ1) is 11.8. The number of nitrogens with zero attached hydrogens (tertiary/aromatic N) is 5. The molecule has 1 saturated heterocycles. The van der Waals surface area contributed by atoms with Crippen molar-refractivity contribution in [2.45, 2.75) is 12.8 Å². The van der Waals surface area contributed by atoms with Crippen molar-refractivity contribution in [2.75, 3.05) is 44.7 Å². The molecule has 0 amide bonds. The van der Waals surface area contributed by atoms with E-state index in [1.54, 1.807) is 23.7 Å². The molecule has 3 rings (SSSR count). The highest BCUT2D eigenvalue weighted by Crippen LogP contribution is 2.17. The second kappa shape index (κ2) is 9.91. The number of piperazine rings is 1. The van der Waals surface area contributed by atoms with Gasteiger partial charge in [0, 0.05) is 52.2 Å². The van der Waals surface area contributed by atoms with Gasteiger partial charge in [0.1, 0.15) is 0 Å². The van der Waals surface area contributed by atoms with Gasteiger partial charge in [-0.2, -0.15) is 11.3 Å². The van der Waals surface area contributed by atoms with Crippen LogP contribution in [0.15, 0.2) is 40.3 Å². The summed E-state index contributed by atoms with van der Waals surface area (Å²) in [4.78, 5) is 17.6. The van der Waals surface area contributed by atoms with Crippen molar-refractivity contribution in [3.05, 3.63) is 40.8 Å². The molecule has 8 heteroatoms. The zero-order valence-corrected chi connectivity index (χ0v) is 17.8. The standard InChI is InChI=1S/C17H24N6S.HI/c1-14(15-4-11-24-13-15)12-21-16(18-2)22-7-9-23(10-8-22)17-19-5-3-6-20-17;/h3-6,11,13-14H,7-10,12H2,1-2H3,(H,18,21);1H. The van der Waals surface area contributed by atoms with E-state index in [9.17, 15) is 0 Å². The molecule has 1 atom stereocenters. The molecule has 0 spiro atoms.